The van der Waals surface area contributed by atoms with Crippen LogP contribution in [0.15, 0.2) is 59.0 Å². The number of benzene rings is 2. The van der Waals surface area contributed by atoms with Crippen LogP contribution in [-0.2, 0) is 9.53 Å². The van der Waals surface area contributed by atoms with E-state index in [4.69, 9.17) is 9.15 Å². The molecule has 1 heterocycles. The molecular formula is C20H17FN2O4. The lowest BCUT2D eigenvalue weighted by Gasteiger charge is -2.12. The Morgan fingerprint density at radius 2 is 1.89 bits per heavy atom. The Kier molecular flexibility index (Phi) is 5.30. The van der Waals surface area contributed by atoms with Crippen molar-refractivity contribution in [2.45, 2.75) is 20.0 Å². The number of carbonyl (C=O) groups excluding carboxylic acids is 2. The molecule has 1 N–H and O–H groups in total. The van der Waals surface area contributed by atoms with Gasteiger partial charge in [-0.25, -0.2) is 14.2 Å². The van der Waals surface area contributed by atoms with Crippen LogP contribution in [0.4, 0.5) is 10.1 Å². The van der Waals surface area contributed by atoms with Crippen molar-refractivity contribution >= 4 is 17.6 Å². The number of ether oxygens (including phenoxy) is 1. The lowest BCUT2D eigenvalue weighted by Crippen LogP contribution is -2.30. The maximum absolute atomic E-state index is 13.2. The second-order valence-electron chi connectivity index (χ2n) is 5.84. The molecule has 7 heteroatoms. The van der Waals surface area contributed by atoms with Crippen LogP contribution in [0.1, 0.15) is 23.2 Å². The van der Waals surface area contributed by atoms with Gasteiger partial charge in [0, 0.05) is 11.3 Å². The van der Waals surface area contributed by atoms with Crippen LogP contribution in [0.2, 0.25) is 0 Å². The van der Waals surface area contributed by atoms with Gasteiger partial charge in [0.25, 0.3) is 5.91 Å². The number of halogens is 1. The van der Waals surface area contributed by atoms with Crippen molar-refractivity contribution < 1.29 is 23.1 Å². The predicted molar refractivity (Wildman–Crippen MR) is 96.6 cm³/mol. The lowest BCUT2D eigenvalue weighted by molar-refractivity contribution is -0.123. The van der Waals surface area contributed by atoms with E-state index < -0.39 is 23.8 Å². The number of rotatable bonds is 5. The van der Waals surface area contributed by atoms with Crippen molar-refractivity contribution in [1.29, 1.82) is 0 Å². The van der Waals surface area contributed by atoms with E-state index in [1.807, 2.05) is 18.2 Å². The van der Waals surface area contributed by atoms with Gasteiger partial charge in [-0.3, -0.25) is 4.79 Å². The minimum absolute atomic E-state index is 0.000686. The van der Waals surface area contributed by atoms with E-state index in [9.17, 15) is 14.0 Å². The summed E-state index contributed by atoms with van der Waals surface area (Å²) in [5.74, 6) is -1.27. The minimum Gasteiger partial charge on any atom is -0.448 e. The number of amides is 1. The highest BCUT2D eigenvalue weighted by Gasteiger charge is 2.24. The molecule has 3 aromatic rings. The largest absolute Gasteiger partial charge is 0.448 e. The van der Waals surface area contributed by atoms with Gasteiger partial charge in [0.15, 0.2) is 11.8 Å². The third kappa shape index (κ3) is 4.38. The molecule has 0 unspecified atom stereocenters. The van der Waals surface area contributed by atoms with Crippen molar-refractivity contribution in [3.8, 4) is 11.5 Å². The number of anilines is 1. The first-order chi connectivity index (χ1) is 12.9. The SMILES string of the molecule is Cc1oc(-c2ccccc2)nc1C(=O)O[C@@H](C)C(=O)Nc1cccc(F)c1. The van der Waals surface area contributed by atoms with Gasteiger partial charge in [0.1, 0.15) is 11.6 Å². The van der Waals surface area contributed by atoms with Gasteiger partial charge >= 0.3 is 5.97 Å². The molecule has 0 aliphatic carbocycles. The Bertz CT molecular complexity index is 969. The Labute approximate surface area is 155 Å². The van der Waals surface area contributed by atoms with E-state index in [2.05, 4.69) is 10.3 Å². The van der Waals surface area contributed by atoms with Crippen molar-refractivity contribution in [2.24, 2.45) is 0 Å². The van der Waals surface area contributed by atoms with E-state index in [0.29, 0.717) is 0 Å². The number of oxazole rings is 1. The van der Waals surface area contributed by atoms with Gasteiger partial charge in [-0.15, -0.1) is 0 Å². The van der Waals surface area contributed by atoms with Crippen molar-refractivity contribution in [1.82, 2.24) is 4.98 Å². The second kappa shape index (κ2) is 7.82. The monoisotopic (exact) mass is 368 g/mol. The van der Waals surface area contributed by atoms with Crippen molar-refractivity contribution in [2.75, 3.05) is 5.32 Å². The van der Waals surface area contributed by atoms with E-state index in [1.165, 1.54) is 31.2 Å². The highest BCUT2D eigenvalue weighted by Crippen LogP contribution is 2.22. The van der Waals surface area contributed by atoms with Crippen LogP contribution in [0, 0.1) is 12.7 Å². The number of aryl methyl sites for hydroxylation is 1. The predicted octanol–water partition coefficient (Wildman–Crippen LogP) is 3.97. The number of hydrogen-bond acceptors (Lipinski definition) is 5. The Morgan fingerprint density at radius 3 is 2.59 bits per heavy atom. The van der Waals surface area contributed by atoms with Crippen LogP contribution >= 0.6 is 0 Å². The summed E-state index contributed by atoms with van der Waals surface area (Å²) in [6.07, 6.45) is -1.10. The Morgan fingerprint density at radius 1 is 1.15 bits per heavy atom. The summed E-state index contributed by atoms with van der Waals surface area (Å²) in [7, 11) is 0. The van der Waals surface area contributed by atoms with Gasteiger partial charge in [0.2, 0.25) is 5.89 Å². The normalized spacial score (nSPS) is 11.7. The quantitative estimate of drug-likeness (QED) is 0.689. The lowest BCUT2D eigenvalue weighted by atomic mass is 10.2. The van der Waals surface area contributed by atoms with Gasteiger partial charge in [-0.05, 0) is 44.2 Å². The molecule has 6 nitrogen and oxygen atoms in total. The summed E-state index contributed by atoms with van der Waals surface area (Å²) in [4.78, 5) is 28.7. The molecule has 1 atom stereocenters. The summed E-state index contributed by atoms with van der Waals surface area (Å²) in [6.45, 7) is 3.01. The zero-order valence-corrected chi connectivity index (χ0v) is 14.7. The summed E-state index contributed by atoms with van der Waals surface area (Å²) >= 11 is 0. The Hall–Kier alpha value is -3.48. The first kappa shape index (κ1) is 18.3. The Balaban J connectivity index is 1.68. The van der Waals surface area contributed by atoms with E-state index in [-0.39, 0.29) is 23.0 Å². The molecule has 0 spiro atoms. The topological polar surface area (TPSA) is 81.4 Å². The average molecular weight is 368 g/mol. The van der Waals surface area contributed by atoms with Gasteiger partial charge in [-0.1, -0.05) is 24.3 Å². The summed E-state index contributed by atoms with van der Waals surface area (Å²) in [5.41, 5.74) is 0.989. The third-order valence-corrected chi connectivity index (χ3v) is 3.76. The van der Waals surface area contributed by atoms with Crippen molar-refractivity contribution in [3.05, 3.63) is 71.9 Å². The highest BCUT2D eigenvalue weighted by molar-refractivity contribution is 5.97. The van der Waals surface area contributed by atoms with Crippen LogP contribution in [-0.4, -0.2) is 23.0 Å². The average Bonchev–Trinajstić information content (AvgIpc) is 3.04. The van der Waals surface area contributed by atoms with Gasteiger partial charge in [-0.2, -0.15) is 0 Å². The van der Waals surface area contributed by atoms with E-state index in [1.54, 1.807) is 19.1 Å². The van der Waals surface area contributed by atoms with Gasteiger partial charge < -0.3 is 14.5 Å². The fraction of sp³-hybridized carbons (Fsp3) is 0.150. The summed E-state index contributed by atoms with van der Waals surface area (Å²) in [5, 5.41) is 2.49. The molecule has 0 aliphatic heterocycles. The number of nitrogens with zero attached hydrogens (tertiary/aromatic N) is 1. The van der Waals surface area contributed by atoms with Crippen LogP contribution in [0.3, 0.4) is 0 Å². The van der Waals surface area contributed by atoms with E-state index in [0.717, 1.165) is 5.56 Å². The fourth-order valence-corrected chi connectivity index (χ4v) is 2.37. The summed E-state index contributed by atoms with van der Waals surface area (Å²) in [6, 6.07) is 14.5. The molecule has 0 fully saturated rings. The molecule has 0 saturated heterocycles. The molecule has 0 aliphatic rings. The molecule has 27 heavy (non-hydrogen) atoms. The molecule has 0 bridgehead atoms. The van der Waals surface area contributed by atoms with E-state index >= 15 is 0 Å². The first-order valence-corrected chi connectivity index (χ1v) is 8.24. The van der Waals surface area contributed by atoms with Crippen LogP contribution < -0.4 is 5.32 Å². The maximum Gasteiger partial charge on any atom is 0.361 e. The molecule has 1 amide bonds. The molecule has 0 saturated carbocycles. The number of hydrogen-bond donors (Lipinski definition) is 1. The number of carbonyl (C=O) groups is 2. The number of nitrogens with one attached hydrogen (secondary N) is 1. The minimum atomic E-state index is -1.10. The van der Waals surface area contributed by atoms with Crippen LogP contribution in [0.25, 0.3) is 11.5 Å². The first-order valence-electron chi connectivity index (χ1n) is 8.24. The highest BCUT2D eigenvalue weighted by atomic mass is 19.1. The molecule has 1 aromatic heterocycles. The van der Waals surface area contributed by atoms with Gasteiger partial charge in [0.05, 0.1) is 0 Å². The number of aromatic nitrogens is 1. The van der Waals surface area contributed by atoms with Crippen molar-refractivity contribution in [3.63, 3.8) is 0 Å². The zero-order chi connectivity index (χ0) is 19.4. The molecule has 0 radical (unpaired) electrons. The molecule has 138 valence electrons. The fourth-order valence-electron chi connectivity index (χ4n) is 2.37. The third-order valence-electron chi connectivity index (χ3n) is 3.76. The standard InChI is InChI=1S/C20H17FN2O4/c1-12-17(23-19(26-12)14-7-4-3-5-8-14)20(25)27-13(2)18(24)22-16-10-6-9-15(21)11-16/h3-11,13H,1-2H3,(H,22,24)/t13-/m0/s1. The maximum atomic E-state index is 13.2. The smallest absolute Gasteiger partial charge is 0.361 e. The number of esters is 1. The molecule has 3 rings (SSSR count). The van der Waals surface area contributed by atoms with Crippen LogP contribution in [0.5, 0.6) is 0 Å². The summed E-state index contributed by atoms with van der Waals surface area (Å²) < 4.78 is 23.9. The molecule has 2 aromatic carbocycles. The second-order valence-corrected chi connectivity index (χ2v) is 5.84. The molecular weight excluding hydrogens is 351 g/mol. The zero-order valence-electron chi connectivity index (χ0n) is 14.7.